The van der Waals surface area contributed by atoms with Crippen LogP contribution in [0.2, 0.25) is 0 Å². The predicted octanol–water partition coefficient (Wildman–Crippen LogP) is 2.89. The molecule has 1 atom stereocenters. The van der Waals surface area contributed by atoms with Crippen molar-refractivity contribution in [1.29, 1.82) is 0 Å². The van der Waals surface area contributed by atoms with Crippen LogP contribution in [0.4, 0.5) is 0 Å². The summed E-state index contributed by atoms with van der Waals surface area (Å²) in [6, 6.07) is 13.5. The Labute approximate surface area is 168 Å². The summed E-state index contributed by atoms with van der Waals surface area (Å²) in [5.74, 6) is -0.0236. The average molecular weight is 395 g/mol. The lowest BCUT2D eigenvalue weighted by Gasteiger charge is -2.33. The van der Waals surface area contributed by atoms with Crippen molar-refractivity contribution in [2.75, 3.05) is 26.3 Å². The van der Waals surface area contributed by atoms with Crippen molar-refractivity contribution in [3.63, 3.8) is 0 Å². The molecule has 6 nitrogen and oxygen atoms in total. The first-order valence-corrected chi connectivity index (χ1v) is 10.1. The van der Waals surface area contributed by atoms with E-state index in [0.29, 0.717) is 19.8 Å². The first kappa shape index (κ1) is 18.7. The number of amides is 1. The summed E-state index contributed by atoms with van der Waals surface area (Å²) < 4.78 is 5.44. The molecule has 1 aliphatic heterocycles. The van der Waals surface area contributed by atoms with Crippen molar-refractivity contribution < 1.29 is 9.53 Å². The Bertz CT molecular complexity index is 895. The summed E-state index contributed by atoms with van der Waals surface area (Å²) in [6.07, 6.45) is 5.32. The Morgan fingerprint density at radius 2 is 1.96 bits per heavy atom. The van der Waals surface area contributed by atoms with Gasteiger partial charge in [-0.05, 0) is 11.6 Å². The van der Waals surface area contributed by atoms with Gasteiger partial charge in [0.25, 0.3) is 0 Å². The van der Waals surface area contributed by atoms with E-state index in [9.17, 15) is 4.79 Å². The summed E-state index contributed by atoms with van der Waals surface area (Å²) in [7, 11) is 0. The third-order valence-corrected chi connectivity index (χ3v) is 5.72. The third kappa shape index (κ3) is 4.44. The molecular weight excluding hydrogens is 372 g/mol. The van der Waals surface area contributed by atoms with E-state index in [-0.39, 0.29) is 11.9 Å². The van der Waals surface area contributed by atoms with Crippen LogP contribution in [0.15, 0.2) is 61.1 Å². The largest absolute Gasteiger partial charge is 0.379 e. The fourth-order valence-electron chi connectivity index (χ4n) is 3.28. The van der Waals surface area contributed by atoms with Gasteiger partial charge in [0.2, 0.25) is 5.91 Å². The van der Waals surface area contributed by atoms with E-state index in [4.69, 9.17) is 4.74 Å². The van der Waals surface area contributed by atoms with E-state index in [1.54, 1.807) is 23.7 Å². The number of ether oxygens (including phenoxy) is 1. The van der Waals surface area contributed by atoms with Gasteiger partial charge in [-0.25, -0.2) is 4.98 Å². The second-order valence-electron chi connectivity index (χ2n) is 6.55. The number of nitrogens with one attached hydrogen (secondary N) is 1. The Balaban J connectivity index is 1.45. The van der Waals surface area contributed by atoms with Gasteiger partial charge >= 0.3 is 0 Å². The monoisotopic (exact) mass is 394 g/mol. The molecule has 1 N–H and O–H groups in total. The van der Waals surface area contributed by atoms with Crippen LogP contribution in [0, 0.1) is 0 Å². The molecule has 7 heteroatoms. The smallest absolute Gasteiger partial charge is 0.242 e. The highest BCUT2D eigenvalue weighted by Gasteiger charge is 2.29. The lowest BCUT2D eigenvalue weighted by Crippen LogP contribution is -2.45. The molecule has 1 aromatic carbocycles. The second kappa shape index (κ2) is 9.05. The molecule has 2 aromatic heterocycles. The molecule has 0 unspecified atom stereocenters. The van der Waals surface area contributed by atoms with Crippen LogP contribution in [0.25, 0.3) is 10.6 Å². The molecule has 1 amide bonds. The fraction of sp³-hybridized carbons (Fsp3) is 0.286. The molecule has 3 aromatic rings. The number of nitrogens with zero attached hydrogens (tertiary/aromatic N) is 3. The number of hydrogen-bond acceptors (Lipinski definition) is 6. The minimum absolute atomic E-state index is 0.0236. The molecule has 28 heavy (non-hydrogen) atoms. The number of thiazole rings is 1. The van der Waals surface area contributed by atoms with Gasteiger partial charge in [-0.3, -0.25) is 14.7 Å². The Hall–Kier alpha value is -2.61. The molecule has 0 saturated carbocycles. The number of carbonyl (C=O) groups is 1. The highest BCUT2D eigenvalue weighted by Crippen LogP contribution is 2.25. The van der Waals surface area contributed by atoms with Crippen LogP contribution < -0.4 is 5.32 Å². The molecule has 0 aliphatic carbocycles. The number of hydrogen-bond donors (Lipinski definition) is 1. The van der Waals surface area contributed by atoms with Crippen molar-refractivity contribution in [1.82, 2.24) is 20.2 Å². The minimum Gasteiger partial charge on any atom is -0.379 e. The number of rotatable bonds is 6. The summed E-state index contributed by atoms with van der Waals surface area (Å²) >= 11 is 1.60. The standard InChI is InChI=1S/C21H22N4O2S/c26-20(19(17-7-4-8-22-13-17)25-9-11-27-12-10-25)23-14-18-15-24-21(28-18)16-5-2-1-3-6-16/h1-8,13,15,19H,9-12,14H2,(H,23,26)/t19-/m0/s1. The first-order valence-electron chi connectivity index (χ1n) is 9.31. The molecule has 3 heterocycles. The Morgan fingerprint density at radius 1 is 1.14 bits per heavy atom. The van der Waals surface area contributed by atoms with Crippen molar-refractivity contribution in [2.24, 2.45) is 0 Å². The topological polar surface area (TPSA) is 67.4 Å². The maximum Gasteiger partial charge on any atom is 0.242 e. The molecule has 4 rings (SSSR count). The van der Waals surface area contributed by atoms with Crippen LogP contribution in [-0.4, -0.2) is 47.1 Å². The molecule has 0 bridgehead atoms. The number of pyridine rings is 1. The third-order valence-electron chi connectivity index (χ3n) is 4.67. The lowest BCUT2D eigenvalue weighted by atomic mass is 10.1. The minimum atomic E-state index is -0.362. The molecule has 1 fully saturated rings. The van der Waals surface area contributed by atoms with E-state index in [1.165, 1.54) is 0 Å². The van der Waals surface area contributed by atoms with Crippen molar-refractivity contribution >= 4 is 17.2 Å². The van der Waals surface area contributed by atoms with Crippen LogP contribution in [-0.2, 0) is 16.1 Å². The lowest BCUT2D eigenvalue weighted by molar-refractivity contribution is -0.128. The van der Waals surface area contributed by atoms with Gasteiger partial charge in [-0.1, -0.05) is 36.4 Å². The Kier molecular flexibility index (Phi) is 6.06. The number of carbonyl (C=O) groups excluding carboxylic acids is 1. The van der Waals surface area contributed by atoms with Crippen molar-refractivity contribution in [2.45, 2.75) is 12.6 Å². The fourth-order valence-corrected chi connectivity index (χ4v) is 4.13. The van der Waals surface area contributed by atoms with E-state index in [2.05, 4.69) is 20.2 Å². The summed E-state index contributed by atoms with van der Waals surface area (Å²) in [5, 5.41) is 4.04. The SMILES string of the molecule is O=C(NCc1cnc(-c2ccccc2)s1)[C@H](c1cccnc1)N1CCOCC1. The van der Waals surface area contributed by atoms with E-state index in [0.717, 1.165) is 34.1 Å². The average Bonchev–Trinajstić information content (AvgIpc) is 3.24. The normalized spacial score (nSPS) is 15.9. The van der Waals surface area contributed by atoms with Crippen molar-refractivity contribution in [3.05, 3.63) is 71.5 Å². The zero-order valence-corrected chi connectivity index (χ0v) is 16.3. The first-order chi connectivity index (χ1) is 13.8. The van der Waals surface area contributed by atoms with Crippen molar-refractivity contribution in [3.8, 4) is 10.6 Å². The molecule has 1 aliphatic rings. The summed E-state index contributed by atoms with van der Waals surface area (Å²) in [6.45, 7) is 3.19. The number of benzene rings is 1. The summed E-state index contributed by atoms with van der Waals surface area (Å²) in [5.41, 5.74) is 1.99. The summed E-state index contributed by atoms with van der Waals surface area (Å²) in [4.78, 5) is 24.9. The molecule has 0 radical (unpaired) electrons. The number of aromatic nitrogens is 2. The van der Waals surface area contributed by atoms with Gasteiger partial charge in [-0.2, -0.15) is 0 Å². The zero-order chi connectivity index (χ0) is 19.2. The molecule has 0 spiro atoms. The Morgan fingerprint density at radius 3 is 2.71 bits per heavy atom. The van der Waals surface area contributed by atoms with Gasteiger partial charge in [0.1, 0.15) is 11.0 Å². The van der Waals surface area contributed by atoms with Gasteiger partial charge in [0.15, 0.2) is 0 Å². The zero-order valence-electron chi connectivity index (χ0n) is 15.5. The van der Waals surface area contributed by atoms with Gasteiger partial charge in [0, 0.05) is 42.1 Å². The number of morpholine rings is 1. The quantitative estimate of drug-likeness (QED) is 0.696. The van der Waals surface area contributed by atoms with Gasteiger partial charge < -0.3 is 10.1 Å². The van der Waals surface area contributed by atoms with Crippen LogP contribution in [0.3, 0.4) is 0 Å². The maximum atomic E-state index is 13.1. The van der Waals surface area contributed by atoms with Gasteiger partial charge in [0.05, 0.1) is 19.8 Å². The van der Waals surface area contributed by atoms with Gasteiger partial charge in [-0.15, -0.1) is 11.3 Å². The highest BCUT2D eigenvalue weighted by molar-refractivity contribution is 7.15. The van der Waals surface area contributed by atoms with E-state index < -0.39 is 0 Å². The molecule has 144 valence electrons. The van der Waals surface area contributed by atoms with Crippen LogP contribution >= 0.6 is 11.3 Å². The second-order valence-corrected chi connectivity index (χ2v) is 7.67. The highest BCUT2D eigenvalue weighted by atomic mass is 32.1. The van der Waals surface area contributed by atoms with E-state index >= 15 is 0 Å². The predicted molar refractivity (Wildman–Crippen MR) is 109 cm³/mol. The van der Waals surface area contributed by atoms with Crippen LogP contribution in [0.1, 0.15) is 16.5 Å². The van der Waals surface area contributed by atoms with Crippen LogP contribution in [0.5, 0.6) is 0 Å². The maximum absolute atomic E-state index is 13.1. The molecular formula is C21H22N4O2S. The molecule has 1 saturated heterocycles. The van der Waals surface area contributed by atoms with E-state index in [1.807, 2.05) is 48.7 Å².